The van der Waals surface area contributed by atoms with Gasteiger partial charge in [-0.1, -0.05) is 19.1 Å². The van der Waals surface area contributed by atoms with Crippen molar-refractivity contribution in [1.82, 2.24) is 9.80 Å². The van der Waals surface area contributed by atoms with Gasteiger partial charge in [-0.15, -0.1) is 0 Å². The van der Waals surface area contributed by atoms with Crippen LogP contribution >= 0.6 is 0 Å². The van der Waals surface area contributed by atoms with Gasteiger partial charge in [0.1, 0.15) is 5.82 Å². The molecule has 0 spiro atoms. The minimum Gasteiger partial charge on any atom is -0.373 e. The third-order valence-corrected chi connectivity index (χ3v) is 4.39. The third kappa shape index (κ3) is 5.65. The number of morpholine rings is 1. The molecule has 0 aromatic heterocycles. The summed E-state index contributed by atoms with van der Waals surface area (Å²) in [4.78, 5) is 16.8. The predicted molar refractivity (Wildman–Crippen MR) is 98.9 cm³/mol. The van der Waals surface area contributed by atoms with Gasteiger partial charge in [0.05, 0.1) is 19.1 Å². The standard InChI is InChI=1S/C20H29FN2O2/c1-5-6-16(19-8-7-17(21)11-15(19)2)12-20(24)23-9-10-25-18(14-23)13-22(3)4/h6-8,11,18H,5,9-10,12-14H2,1-4H3/b16-6-. The Kier molecular flexibility index (Phi) is 7.14. The monoisotopic (exact) mass is 348 g/mol. The average molecular weight is 348 g/mol. The zero-order valence-corrected chi connectivity index (χ0v) is 15.7. The first-order chi connectivity index (χ1) is 11.9. The summed E-state index contributed by atoms with van der Waals surface area (Å²) in [5.74, 6) is -0.140. The SMILES string of the molecule is CC/C=C(/CC(=O)N1CCOC(CN(C)C)C1)c1ccc(F)cc1C. The second-order valence-electron chi connectivity index (χ2n) is 6.87. The van der Waals surface area contributed by atoms with Gasteiger partial charge in [-0.25, -0.2) is 4.39 Å². The number of carbonyl (C=O) groups is 1. The fourth-order valence-electron chi connectivity index (χ4n) is 3.25. The van der Waals surface area contributed by atoms with E-state index in [1.54, 1.807) is 6.07 Å². The molecule has 4 nitrogen and oxygen atoms in total. The Morgan fingerprint density at radius 3 is 2.84 bits per heavy atom. The van der Waals surface area contributed by atoms with Crippen molar-refractivity contribution in [3.63, 3.8) is 0 Å². The Morgan fingerprint density at radius 1 is 1.44 bits per heavy atom. The topological polar surface area (TPSA) is 32.8 Å². The van der Waals surface area contributed by atoms with E-state index in [2.05, 4.69) is 11.0 Å². The average Bonchev–Trinajstić information content (AvgIpc) is 2.54. The number of nitrogens with zero attached hydrogens (tertiary/aromatic N) is 2. The van der Waals surface area contributed by atoms with E-state index >= 15 is 0 Å². The van der Waals surface area contributed by atoms with E-state index in [1.807, 2.05) is 32.8 Å². The van der Waals surface area contributed by atoms with Crippen LogP contribution in [0, 0.1) is 12.7 Å². The van der Waals surface area contributed by atoms with Crippen molar-refractivity contribution in [2.24, 2.45) is 0 Å². The molecule has 0 bridgehead atoms. The Hall–Kier alpha value is -1.72. The number of amides is 1. The van der Waals surface area contributed by atoms with E-state index in [4.69, 9.17) is 4.74 Å². The molecule has 1 fully saturated rings. The van der Waals surface area contributed by atoms with Crippen LogP contribution < -0.4 is 0 Å². The summed E-state index contributed by atoms with van der Waals surface area (Å²) in [5, 5.41) is 0. The second-order valence-corrected chi connectivity index (χ2v) is 6.87. The molecule has 1 aliphatic heterocycles. The van der Waals surface area contributed by atoms with E-state index in [9.17, 15) is 9.18 Å². The summed E-state index contributed by atoms with van der Waals surface area (Å²) >= 11 is 0. The highest BCUT2D eigenvalue weighted by molar-refractivity contribution is 5.89. The highest BCUT2D eigenvalue weighted by Gasteiger charge is 2.25. The molecule has 0 aliphatic carbocycles. The third-order valence-electron chi connectivity index (χ3n) is 4.39. The molecule has 1 saturated heterocycles. The van der Waals surface area contributed by atoms with Gasteiger partial charge in [-0.2, -0.15) is 0 Å². The highest BCUT2D eigenvalue weighted by atomic mass is 19.1. The van der Waals surface area contributed by atoms with Crippen LogP contribution in [-0.4, -0.2) is 62.1 Å². The second kappa shape index (κ2) is 9.11. The van der Waals surface area contributed by atoms with Gasteiger partial charge in [0.15, 0.2) is 0 Å². The van der Waals surface area contributed by atoms with Crippen molar-refractivity contribution in [2.75, 3.05) is 40.3 Å². The fraction of sp³-hybridized carbons (Fsp3) is 0.550. The maximum Gasteiger partial charge on any atom is 0.227 e. The first kappa shape index (κ1) is 19.6. The van der Waals surface area contributed by atoms with Crippen LogP contribution in [0.3, 0.4) is 0 Å². The Bertz CT molecular complexity index is 628. The lowest BCUT2D eigenvalue weighted by Crippen LogP contribution is -2.48. The number of allylic oxidation sites excluding steroid dienone is 1. The number of carbonyl (C=O) groups excluding carboxylic acids is 1. The van der Waals surface area contributed by atoms with Crippen LogP contribution in [0.25, 0.3) is 5.57 Å². The number of hydrogen-bond acceptors (Lipinski definition) is 3. The van der Waals surface area contributed by atoms with E-state index in [0.29, 0.717) is 26.1 Å². The first-order valence-electron chi connectivity index (χ1n) is 8.90. The van der Waals surface area contributed by atoms with Crippen molar-refractivity contribution >= 4 is 11.5 Å². The maximum absolute atomic E-state index is 13.4. The van der Waals surface area contributed by atoms with E-state index in [0.717, 1.165) is 29.7 Å². The van der Waals surface area contributed by atoms with Gasteiger partial charge >= 0.3 is 0 Å². The predicted octanol–water partition coefficient (Wildman–Crippen LogP) is 3.11. The maximum atomic E-state index is 13.4. The quantitative estimate of drug-likeness (QED) is 0.792. The molecular weight excluding hydrogens is 319 g/mol. The smallest absolute Gasteiger partial charge is 0.227 e. The van der Waals surface area contributed by atoms with E-state index < -0.39 is 0 Å². The molecule has 25 heavy (non-hydrogen) atoms. The first-order valence-corrected chi connectivity index (χ1v) is 8.90. The molecule has 0 radical (unpaired) electrons. The normalized spacial score (nSPS) is 18.7. The number of rotatable bonds is 6. The van der Waals surface area contributed by atoms with E-state index in [1.165, 1.54) is 12.1 Å². The van der Waals surface area contributed by atoms with Crippen LogP contribution in [0.5, 0.6) is 0 Å². The molecule has 2 rings (SSSR count). The van der Waals surface area contributed by atoms with Crippen molar-refractivity contribution in [3.05, 3.63) is 41.2 Å². The summed E-state index contributed by atoms with van der Waals surface area (Å²) in [7, 11) is 4.01. The molecule has 1 aliphatic rings. The summed E-state index contributed by atoms with van der Waals surface area (Å²) in [6.45, 7) is 6.56. The molecule has 1 unspecified atom stereocenters. The Balaban J connectivity index is 2.09. The van der Waals surface area contributed by atoms with Gasteiger partial charge in [0.25, 0.3) is 0 Å². The number of aryl methyl sites for hydroxylation is 1. The van der Waals surface area contributed by atoms with Crippen LogP contribution in [-0.2, 0) is 9.53 Å². The van der Waals surface area contributed by atoms with Crippen molar-refractivity contribution in [2.45, 2.75) is 32.8 Å². The van der Waals surface area contributed by atoms with E-state index in [-0.39, 0.29) is 17.8 Å². The van der Waals surface area contributed by atoms with Gasteiger partial charge < -0.3 is 14.5 Å². The zero-order valence-electron chi connectivity index (χ0n) is 15.7. The van der Waals surface area contributed by atoms with Crippen LogP contribution in [0.1, 0.15) is 30.9 Å². The molecule has 0 saturated carbocycles. The molecule has 1 amide bonds. The lowest BCUT2D eigenvalue weighted by molar-refractivity contribution is -0.138. The highest BCUT2D eigenvalue weighted by Crippen LogP contribution is 2.25. The number of benzene rings is 1. The van der Waals surface area contributed by atoms with Crippen LogP contribution in [0.4, 0.5) is 4.39 Å². The molecule has 0 N–H and O–H groups in total. The lowest BCUT2D eigenvalue weighted by atomic mass is 9.96. The molecule has 5 heteroatoms. The lowest BCUT2D eigenvalue weighted by Gasteiger charge is -2.34. The summed E-state index contributed by atoms with van der Waals surface area (Å²) in [6.07, 6.45) is 3.30. The summed E-state index contributed by atoms with van der Waals surface area (Å²) in [6, 6.07) is 4.75. The van der Waals surface area contributed by atoms with Gasteiger partial charge in [0.2, 0.25) is 5.91 Å². The van der Waals surface area contributed by atoms with Crippen LogP contribution in [0.2, 0.25) is 0 Å². The zero-order chi connectivity index (χ0) is 18.4. The molecule has 1 atom stereocenters. The molecular formula is C20H29FN2O2. The fourth-order valence-corrected chi connectivity index (χ4v) is 3.25. The molecule has 1 aromatic rings. The number of likely N-dealkylation sites (N-methyl/N-ethyl adjacent to an activating group) is 1. The number of hydrogen-bond donors (Lipinski definition) is 0. The van der Waals surface area contributed by atoms with Crippen molar-refractivity contribution in [1.29, 1.82) is 0 Å². The summed E-state index contributed by atoms with van der Waals surface area (Å²) < 4.78 is 19.1. The van der Waals surface area contributed by atoms with Gasteiger partial charge in [-0.05, 0) is 56.3 Å². The molecule has 1 heterocycles. The van der Waals surface area contributed by atoms with Gasteiger partial charge in [-0.3, -0.25) is 4.79 Å². The molecule has 1 aromatic carbocycles. The Labute approximate surface area is 150 Å². The number of ether oxygens (including phenoxy) is 1. The van der Waals surface area contributed by atoms with Crippen molar-refractivity contribution < 1.29 is 13.9 Å². The minimum absolute atomic E-state index is 0.0545. The van der Waals surface area contributed by atoms with Crippen LogP contribution in [0.15, 0.2) is 24.3 Å². The summed E-state index contributed by atoms with van der Waals surface area (Å²) in [5.41, 5.74) is 2.79. The van der Waals surface area contributed by atoms with Crippen molar-refractivity contribution in [3.8, 4) is 0 Å². The molecule has 138 valence electrons. The Morgan fingerprint density at radius 2 is 2.20 bits per heavy atom. The van der Waals surface area contributed by atoms with Gasteiger partial charge in [0, 0.05) is 19.6 Å². The number of halogens is 1. The minimum atomic E-state index is -0.247. The largest absolute Gasteiger partial charge is 0.373 e.